The molecule has 0 spiro atoms. The van der Waals surface area contributed by atoms with Gasteiger partial charge < -0.3 is 0 Å². The van der Waals surface area contributed by atoms with Gasteiger partial charge in [-0.15, -0.1) is 0 Å². The van der Waals surface area contributed by atoms with Crippen molar-refractivity contribution in [1.29, 1.82) is 0 Å². The maximum Gasteiger partial charge on any atom is 0.172 e. The van der Waals surface area contributed by atoms with E-state index < -0.39 is 7.57 Å². The van der Waals surface area contributed by atoms with Gasteiger partial charge in [0.15, 0.2) is 4.33 Å². The van der Waals surface area contributed by atoms with Gasteiger partial charge in [-0.05, 0) is 34.0 Å². The fraction of sp³-hybridized carbons (Fsp3) is 0.167. The van der Waals surface area contributed by atoms with Crippen molar-refractivity contribution in [3.05, 3.63) is 47.5 Å². The first kappa shape index (κ1) is 11.3. The van der Waals surface area contributed by atoms with E-state index in [4.69, 9.17) is 23.2 Å². The summed E-state index contributed by atoms with van der Waals surface area (Å²) in [5.41, 5.74) is 2.06. The van der Waals surface area contributed by atoms with Crippen LogP contribution in [-0.4, -0.2) is 0 Å². The van der Waals surface area contributed by atoms with Crippen LogP contribution in [0.5, 0.6) is 0 Å². The average molecular weight is 381 g/mol. The van der Waals surface area contributed by atoms with E-state index in [0.29, 0.717) is 0 Å². The molecule has 0 amide bonds. The van der Waals surface area contributed by atoms with Gasteiger partial charge in [0.25, 0.3) is 0 Å². The first-order valence-corrected chi connectivity index (χ1v) is 7.08. The zero-order valence-corrected chi connectivity index (χ0v) is 12.7. The van der Waals surface area contributed by atoms with Gasteiger partial charge in [-0.2, -0.15) is 0 Å². The van der Waals surface area contributed by atoms with Crippen LogP contribution in [0.3, 0.4) is 0 Å². The molecule has 4 heteroatoms. The van der Waals surface area contributed by atoms with Crippen LogP contribution in [0.1, 0.15) is 11.1 Å². The summed E-state index contributed by atoms with van der Waals surface area (Å²) < 4.78 is -1.47. The molecule has 0 unspecified atom stereocenters. The minimum absolute atomic E-state index is 0.546. The third kappa shape index (κ3) is 1.28. The van der Waals surface area contributed by atoms with Crippen LogP contribution in [0, 0.1) is 0 Å². The molecule has 2 aromatic rings. The Morgan fingerprint density at radius 1 is 0.875 bits per heavy atom. The van der Waals surface area contributed by atoms with Gasteiger partial charge in [-0.25, -0.2) is 0 Å². The predicted molar refractivity (Wildman–Crippen MR) is 76.9 cm³/mol. The van der Waals surface area contributed by atoms with E-state index in [1.54, 1.807) is 0 Å². The quantitative estimate of drug-likeness (QED) is 0.535. The Balaban J connectivity index is 2.35. The van der Waals surface area contributed by atoms with Crippen LogP contribution in [0.15, 0.2) is 36.4 Å². The van der Waals surface area contributed by atoms with E-state index in [1.165, 1.54) is 5.39 Å². The molecular formula is C12H6Br2Cl2. The van der Waals surface area contributed by atoms with Crippen molar-refractivity contribution >= 4 is 65.8 Å². The van der Waals surface area contributed by atoms with Crippen LogP contribution < -0.4 is 0 Å². The number of alkyl halides is 4. The van der Waals surface area contributed by atoms with Crippen LogP contribution >= 0.6 is 55.1 Å². The second-order valence-electron chi connectivity index (χ2n) is 3.89. The van der Waals surface area contributed by atoms with Gasteiger partial charge in [-0.3, -0.25) is 0 Å². The average Bonchev–Trinajstić information content (AvgIpc) is 2.27. The van der Waals surface area contributed by atoms with Crippen LogP contribution in [-0.2, 0) is 7.57 Å². The number of rotatable bonds is 0. The summed E-state index contributed by atoms with van der Waals surface area (Å²) in [5.74, 6) is 0. The van der Waals surface area contributed by atoms with E-state index in [0.717, 1.165) is 16.5 Å². The van der Waals surface area contributed by atoms with Crippen molar-refractivity contribution in [2.75, 3.05) is 0 Å². The molecule has 0 saturated heterocycles. The third-order valence-electron chi connectivity index (χ3n) is 2.96. The lowest BCUT2D eigenvalue weighted by molar-refractivity contribution is 0.684. The third-order valence-corrected chi connectivity index (χ3v) is 6.89. The topological polar surface area (TPSA) is 0 Å². The summed E-state index contributed by atoms with van der Waals surface area (Å²) in [6.45, 7) is 0. The SMILES string of the molecule is ClC1(Cl)c2cc3ccccc3cc2C1(Br)Br. The van der Waals surface area contributed by atoms with Gasteiger partial charge in [0.1, 0.15) is 3.23 Å². The van der Waals surface area contributed by atoms with Crippen LogP contribution in [0.2, 0.25) is 0 Å². The molecule has 16 heavy (non-hydrogen) atoms. The van der Waals surface area contributed by atoms with Crippen molar-refractivity contribution in [1.82, 2.24) is 0 Å². The summed E-state index contributed by atoms with van der Waals surface area (Å²) in [5, 5.41) is 2.34. The number of fused-ring (bicyclic) bond motifs is 2. The fourth-order valence-electron chi connectivity index (χ4n) is 2.04. The molecule has 3 rings (SSSR count). The Hall–Kier alpha value is 0.240. The number of benzene rings is 2. The van der Waals surface area contributed by atoms with Gasteiger partial charge >= 0.3 is 0 Å². The molecule has 1 aliphatic carbocycles. The molecule has 0 aromatic heterocycles. The highest BCUT2D eigenvalue weighted by molar-refractivity contribution is 9.25. The van der Waals surface area contributed by atoms with Gasteiger partial charge in [0.2, 0.25) is 0 Å². The van der Waals surface area contributed by atoms with E-state index >= 15 is 0 Å². The Morgan fingerprint density at radius 3 is 1.94 bits per heavy atom. The predicted octanol–water partition coefficient (Wildman–Crippen LogP) is 5.43. The van der Waals surface area contributed by atoms with Crippen molar-refractivity contribution in [2.45, 2.75) is 7.57 Å². The standard InChI is InChI=1S/C12H6Br2Cl2/c13-11(14)9-5-7-3-1-2-4-8(7)6-10(9)12(11,15)16/h1-6H. The molecule has 2 aromatic carbocycles. The molecule has 0 bridgehead atoms. The van der Waals surface area contributed by atoms with Crippen molar-refractivity contribution in [2.24, 2.45) is 0 Å². The molecule has 0 nitrogen and oxygen atoms in total. The molecule has 0 atom stereocenters. The molecular weight excluding hydrogens is 375 g/mol. The van der Waals surface area contributed by atoms with E-state index in [1.807, 2.05) is 18.2 Å². The largest absolute Gasteiger partial charge is 0.172 e. The van der Waals surface area contributed by atoms with Crippen LogP contribution in [0.4, 0.5) is 0 Å². The zero-order chi connectivity index (χ0) is 11.6. The van der Waals surface area contributed by atoms with E-state index in [9.17, 15) is 0 Å². The van der Waals surface area contributed by atoms with Gasteiger partial charge in [0.05, 0.1) is 0 Å². The zero-order valence-electron chi connectivity index (χ0n) is 7.98. The Labute approximate surface area is 120 Å². The van der Waals surface area contributed by atoms with Crippen molar-refractivity contribution in [3.63, 3.8) is 0 Å². The van der Waals surface area contributed by atoms with E-state index in [2.05, 4.69) is 50.1 Å². The summed E-state index contributed by atoms with van der Waals surface area (Å²) in [6.07, 6.45) is 0. The maximum absolute atomic E-state index is 6.30. The number of hydrogen-bond donors (Lipinski definition) is 0. The highest BCUT2D eigenvalue weighted by Gasteiger charge is 2.59. The summed E-state index contributed by atoms with van der Waals surface area (Å²) in [4.78, 5) is 0. The lowest BCUT2D eigenvalue weighted by Crippen LogP contribution is -2.42. The molecule has 1 aliphatic rings. The van der Waals surface area contributed by atoms with Crippen molar-refractivity contribution < 1.29 is 0 Å². The highest BCUT2D eigenvalue weighted by atomic mass is 79.9. The summed E-state index contributed by atoms with van der Waals surface area (Å²) >= 11 is 19.6. The second kappa shape index (κ2) is 3.38. The molecule has 0 N–H and O–H groups in total. The van der Waals surface area contributed by atoms with Crippen LogP contribution in [0.25, 0.3) is 10.8 Å². The number of halogens is 4. The van der Waals surface area contributed by atoms with Gasteiger partial charge in [0, 0.05) is 0 Å². The number of hydrogen-bond acceptors (Lipinski definition) is 0. The minimum atomic E-state index is -0.924. The smallest absolute Gasteiger partial charge is 0.0933 e. The molecule has 82 valence electrons. The first-order chi connectivity index (χ1) is 7.44. The molecule has 0 aliphatic heterocycles. The highest BCUT2D eigenvalue weighted by Crippen LogP contribution is 2.68. The molecule has 0 radical (unpaired) electrons. The lowest BCUT2D eigenvalue weighted by atomic mass is 9.84. The maximum atomic E-state index is 6.30. The Morgan fingerprint density at radius 2 is 1.38 bits per heavy atom. The van der Waals surface area contributed by atoms with Gasteiger partial charge in [-0.1, -0.05) is 79.3 Å². The monoisotopic (exact) mass is 378 g/mol. The first-order valence-electron chi connectivity index (χ1n) is 4.74. The second-order valence-corrected chi connectivity index (χ2v) is 8.66. The van der Waals surface area contributed by atoms with E-state index in [-0.39, 0.29) is 0 Å². The minimum Gasteiger partial charge on any atom is -0.0933 e. The Kier molecular flexibility index (Phi) is 2.39. The molecule has 0 saturated carbocycles. The van der Waals surface area contributed by atoms with Crippen molar-refractivity contribution in [3.8, 4) is 0 Å². The summed E-state index contributed by atoms with van der Waals surface area (Å²) in [6, 6.07) is 12.3. The Bertz CT molecular complexity index is 538. The molecule has 0 heterocycles. The lowest BCUT2D eigenvalue weighted by Gasteiger charge is -2.46. The molecule has 0 fully saturated rings. The fourth-order valence-corrected chi connectivity index (χ4v) is 3.64. The normalized spacial score (nSPS) is 20.2. The summed E-state index contributed by atoms with van der Waals surface area (Å²) in [7, 11) is 0.